The summed E-state index contributed by atoms with van der Waals surface area (Å²) < 4.78 is 0. The fourth-order valence-electron chi connectivity index (χ4n) is 0.657. The standard InChI is InChI=1S/C8H9.HI.Zn/c1-2-8-6-4-3-5-7-8;;/h4-7H,2H2,1H3;1H;/q-1;;+2/p-1. The Kier molecular flexibility index (Phi) is 10.1. The van der Waals surface area contributed by atoms with Crippen molar-refractivity contribution in [1.29, 1.82) is 0 Å². The molecule has 0 saturated carbocycles. The first-order valence-electron chi connectivity index (χ1n) is 2.88. The molecule has 0 bridgehead atoms. The van der Waals surface area contributed by atoms with Crippen molar-refractivity contribution < 1.29 is 43.5 Å². The average Bonchev–Trinajstić information content (AvgIpc) is 1.90. The van der Waals surface area contributed by atoms with Gasteiger partial charge in [-0.25, -0.2) is 0 Å². The molecule has 2 heteroatoms. The molecule has 0 amide bonds. The minimum atomic E-state index is 0. The first kappa shape index (κ1) is 13.2. The maximum atomic E-state index is 2.97. The Balaban J connectivity index is 0. The van der Waals surface area contributed by atoms with Crippen LogP contribution in [-0.4, -0.2) is 0 Å². The molecule has 0 atom stereocenters. The molecule has 0 spiro atoms. The maximum absolute atomic E-state index is 2.97. The molecule has 0 fully saturated rings. The summed E-state index contributed by atoms with van der Waals surface area (Å²) in [6, 6.07) is 11.0. The van der Waals surface area contributed by atoms with Gasteiger partial charge in [0.1, 0.15) is 0 Å². The van der Waals surface area contributed by atoms with Crippen molar-refractivity contribution in [2.24, 2.45) is 0 Å². The maximum Gasteiger partial charge on any atom is 2.00 e. The van der Waals surface area contributed by atoms with E-state index in [0.717, 1.165) is 6.42 Å². The Bertz CT molecular complexity index is 151. The number of benzene rings is 1. The number of hydrogen-bond acceptors (Lipinski definition) is 0. The van der Waals surface area contributed by atoms with Gasteiger partial charge in [0.15, 0.2) is 0 Å². The molecule has 0 heterocycles. The molecule has 1 aromatic rings. The van der Waals surface area contributed by atoms with Gasteiger partial charge in [-0.05, 0) is 0 Å². The molecule has 0 saturated heterocycles. The van der Waals surface area contributed by atoms with Crippen molar-refractivity contribution in [3.8, 4) is 0 Å². The normalized spacial score (nSPS) is 7.30. The second kappa shape index (κ2) is 7.68. The first-order chi connectivity index (χ1) is 3.93. The van der Waals surface area contributed by atoms with E-state index in [9.17, 15) is 0 Å². The van der Waals surface area contributed by atoms with E-state index in [1.165, 1.54) is 5.56 Å². The fourth-order valence-corrected chi connectivity index (χ4v) is 0.657. The van der Waals surface area contributed by atoms with Crippen LogP contribution in [0.3, 0.4) is 0 Å². The van der Waals surface area contributed by atoms with E-state index in [2.05, 4.69) is 25.1 Å². The summed E-state index contributed by atoms with van der Waals surface area (Å²) in [7, 11) is 0. The molecule has 0 aliphatic heterocycles. The van der Waals surface area contributed by atoms with E-state index < -0.39 is 0 Å². The van der Waals surface area contributed by atoms with Gasteiger partial charge in [-0.15, -0.1) is 0 Å². The molecule has 0 aliphatic rings. The van der Waals surface area contributed by atoms with E-state index in [4.69, 9.17) is 0 Å². The third kappa shape index (κ3) is 4.40. The van der Waals surface area contributed by atoms with E-state index in [-0.39, 0.29) is 43.5 Å². The summed E-state index contributed by atoms with van der Waals surface area (Å²) >= 11 is 0. The average molecular weight is 297 g/mol. The largest absolute Gasteiger partial charge is 2.00 e. The van der Waals surface area contributed by atoms with Crippen LogP contribution in [-0.2, 0) is 25.9 Å². The first-order valence-corrected chi connectivity index (χ1v) is 2.88. The zero-order valence-corrected chi connectivity index (χ0v) is 11.2. The molecule has 0 aromatic heterocycles. The molecule has 0 radical (unpaired) electrons. The fraction of sp³-hybridized carbons (Fsp3) is 0.250. The zero-order valence-electron chi connectivity index (χ0n) is 6.10. The van der Waals surface area contributed by atoms with Crippen LogP contribution in [0.5, 0.6) is 0 Å². The zero-order chi connectivity index (χ0) is 5.82. The van der Waals surface area contributed by atoms with Crippen molar-refractivity contribution in [3.05, 3.63) is 35.9 Å². The Morgan fingerprint density at radius 1 is 1.30 bits per heavy atom. The van der Waals surface area contributed by atoms with Crippen LogP contribution in [0, 0.1) is 6.07 Å². The van der Waals surface area contributed by atoms with Crippen LogP contribution in [0.2, 0.25) is 0 Å². The molecule has 0 N–H and O–H groups in total. The van der Waals surface area contributed by atoms with Crippen molar-refractivity contribution in [3.63, 3.8) is 0 Å². The summed E-state index contributed by atoms with van der Waals surface area (Å²) in [6.07, 6.45) is 1.12. The van der Waals surface area contributed by atoms with Crippen LogP contribution in [0.4, 0.5) is 0 Å². The molecular weight excluding hydrogens is 288 g/mol. The second-order valence-electron chi connectivity index (χ2n) is 1.76. The van der Waals surface area contributed by atoms with Gasteiger partial charge in [-0.1, -0.05) is 13.3 Å². The molecule has 0 nitrogen and oxygen atoms in total. The van der Waals surface area contributed by atoms with Gasteiger partial charge in [0, 0.05) is 0 Å². The van der Waals surface area contributed by atoms with E-state index in [1.807, 2.05) is 12.1 Å². The number of hydrogen-bond donors (Lipinski definition) is 0. The second-order valence-corrected chi connectivity index (χ2v) is 1.76. The number of aryl methyl sites for hydroxylation is 1. The van der Waals surface area contributed by atoms with Crippen molar-refractivity contribution in [1.82, 2.24) is 0 Å². The Labute approximate surface area is 92.2 Å². The topological polar surface area (TPSA) is 0 Å². The van der Waals surface area contributed by atoms with Gasteiger partial charge in [0.05, 0.1) is 0 Å². The minimum Gasteiger partial charge on any atom is -1.00 e. The van der Waals surface area contributed by atoms with Crippen molar-refractivity contribution in [2.45, 2.75) is 13.3 Å². The van der Waals surface area contributed by atoms with Gasteiger partial charge in [0.2, 0.25) is 0 Å². The predicted molar refractivity (Wildman–Crippen MR) is 34.7 cm³/mol. The van der Waals surface area contributed by atoms with Gasteiger partial charge in [-0.3, -0.25) is 0 Å². The summed E-state index contributed by atoms with van der Waals surface area (Å²) in [5, 5.41) is 0. The van der Waals surface area contributed by atoms with Crippen LogP contribution in [0.1, 0.15) is 12.5 Å². The van der Waals surface area contributed by atoms with E-state index >= 15 is 0 Å². The third-order valence-electron chi connectivity index (χ3n) is 1.20. The summed E-state index contributed by atoms with van der Waals surface area (Å²) in [5.41, 5.74) is 1.38. The monoisotopic (exact) mass is 296 g/mol. The van der Waals surface area contributed by atoms with Gasteiger partial charge in [-0.2, -0.15) is 35.9 Å². The molecule has 50 valence electrons. The minimum absolute atomic E-state index is 0. The molecule has 0 unspecified atom stereocenters. The van der Waals surface area contributed by atoms with Crippen molar-refractivity contribution in [2.75, 3.05) is 0 Å². The van der Waals surface area contributed by atoms with Gasteiger partial charge < -0.3 is 24.0 Å². The van der Waals surface area contributed by atoms with E-state index in [1.54, 1.807) is 0 Å². The summed E-state index contributed by atoms with van der Waals surface area (Å²) in [6.45, 7) is 2.15. The van der Waals surface area contributed by atoms with E-state index in [0.29, 0.717) is 0 Å². The van der Waals surface area contributed by atoms with Crippen LogP contribution < -0.4 is 24.0 Å². The quantitative estimate of drug-likeness (QED) is 0.356. The van der Waals surface area contributed by atoms with Crippen LogP contribution >= 0.6 is 0 Å². The Hall–Kier alpha value is 0.573. The Morgan fingerprint density at radius 2 is 1.80 bits per heavy atom. The van der Waals surface area contributed by atoms with Gasteiger partial charge in [0.25, 0.3) is 0 Å². The van der Waals surface area contributed by atoms with Crippen LogP contribution in [0.25, 0.3) is 0 Å². The molecular formula is C8H9IZn. The molecule has 0 aliphatic carbocycles. The van der Waals surface area contributed by atoms with Gasteiger partial charge >= 0.3 is 19.5 Å². The number of rotatable bonds is 1. The van der Waals surface area contributed by atoms with Crippen molar-refractivity contribution >= 4 is 0 Å². The smallest absolute Gasteiger partial charge is 1.00 e. The Morgan fingerprint density at radius 3 is 2.10 bits per heavy atom. The number of halogens is 1. The third-order valence-corrected chi connectivity index (χ3v) is 1.20. The molecule has 1 aromatic carbocycles. The SMILES string of the molecule is CCc1cc[c-]cc1.[I-].[Zn+2]. The predicted octanol–water partition coefficient (Wildman–Crippen LogP) is -0.949. The molecule has 10 heavy (non-hydrogen) atoms. The summed E-state index contributed by atoms with van der Waals surface area (Å²) in [5.74, 6) is 0. The summed E-state index contributed by atoms with van der Waals surface area (Å²) in [4.78, 5) is 0. The molecule has 1 rings (SSSR count). The van der Waals surface area contributed by atoms with Crippen LogP contribution in [0.15, 0.2) is 24.3 Å².